The largest absolute Gasteiger partial charge is 0.284 e. The Kier molecular flexibility index (Phi) is 4.90. The number of thiazole rings is 1. The maximum absolute atomic E-state index is 12.5. The summed E-state index contributed by atoms with van der Waals surface area (Å²) in [5.41, 5.74) is 3.23. The van der Waals surface area contributed by atoms with Crippen LogP contribution in [-0.4, -0.2) is 15.9 Å². The SMILES string of the molecule is CCC(=O)N(Cc1cccnc1)c1nc2c(C(C)C)cccc2s1. The standard InChI is InChI=1S/C19H21N3OS/c1-4-17(23)22(12-14-7-6-10-20-11-14)19-21-18-15(13(2)3)8-5-9-16(18)24-19/h5-11,13H,4,12H2,1-3H3. The first-order valence-electron chi connectivity index (χ1n) is 8.19. The Hall–Kier alpha value is -2.27. The first-order chi connectivity index (χ1) is 11.6. The zero-order chi connectivity index (χ0) is 17.1. The van der Waals surface area contributed by atoms with Gasteiger partial charge in [-0.1, -0.05) is 50.3 Å². The van der Waals surface area contributed by atoms with E-state index in [1.807, 2.05) is 19.1 Å². The van der Waals surface area contributed by atoms with E-state index in [1.165, 1.54) is 5.56 Å². The summed E-state index contributed by atoms with van der Waals surface area (Å²) in [6.45, 7) is 6.71. The van der Waals surface area contributed by atoms with Crippen LogP contribution < -0.4 is 4.90 Å². The third-order valence-corrected chi connectivity index (χ3v) is 5.00. The topological polar surface area (TPSA) is 46.1 Å². The van der Waals surface area contributed by atoms with Crippen molar-refractivity contribution in [3.63, 3.8) is 0 Å². The molecule has 1 aromatic carbocycles. The Balaban J connectivity index is 2.03. The van der Waals surface area contributed by atoms with Gasteiger partial charge in [-0.3, -0.25) is 14.7 Å². The number of carbonyl (C=O) groups is 1. The Morgan fingerprint density at radius 2 is 2.08 bits per heavy atom. The van der Waals surface area contributed by atoms with Gasteiger partial charge in [-0.15, -0.1) is 0 Å². The molecule has 0 aliphatic rings. The number of hydrogen-bond donors (Lipinski definition) is 0. The number of hydrogen-bond acceptors (Lipinski definition) is 4. The lowest BCUT2D eigenvalue weighted by atomic mass is 10.0. The van der Waals surface area contributed by atoms with E-state index in [1.54, 1.807) is 28.6 Å². The van der Waals surface area contributed by atoms with Crippen LogP contribution in [-0.2, 0) is 11.3 Å². The monoisotopic (exact) mass is 339 g/mol. The quantitative estimate of drug-likeness (QED) is 0.673. The van der Waals surface area contributed by atoms with E-state index in [4.69, 9.17) is 4.98 Å². The molecule has 0 N–H and O–H groups in total. The normalized spacial score (nSPS) is 11.2. The van der Waals surface area contributed by atoms with Gasteiger partial charge >= 0.3 is 0 Å². The minimum absolute atomic E-state index is 0.0732. The number of fused-ring (bicyclic) bond motifs is 1. The zero-order valence-electron chi connectivity index (χ0n) is 14.2. The number of pyridine rings is 1. The second kappa shape index (κ2) is 7.09. The molecular weight excluding hydrogens is 318 g/mol. The van der Waals surface area contributed by atoms with E-state index in [0.29, 0.717) is 18.9 Å². The molecule has 3 rings (SSSR count). The Bertz CT molecular complexity index is 842. The second-order valence-electron chi connectivity index (χ2n) is 6.04. The molecule has 0 bridgehead atoms. The summed E-state index contributed by atoms with van der Waals surface area (Å²) in [7, 11) is 0. The molecule has 0 saturated heterocycles. The predicted octanol–water partition coefficient (Wildman–Crippen LogP) is 4.76. The van der Waals surface area contributed by atoms with E-state index >= 15 is 0 Å². The number of anilines is 1. The lowest BCUT2D eigenvalue weighted by molar-refractivity contribution is -0.118. The third-order valence-electron chi connectivity index (χ3n) is 3.96. The first-order valence-corrected chi connectivity index (χ1v) is 9.00. The van der Waals surface area contributed by atoms with Gasteiger partial charge in [-0.25, -0.2) is 4.98 Å². The summed E-state index contributed by atoms with van der Waals surface area (Å²) in [4.78, 5) is 23.2. The molecule has 0 saturated carbocycles. The fourth-order valence-electron chi connectivity index (χ4n) is 2.67. The zero-order valence-corrected chi connectivity index (χ0v) is 15.0. The van der Waals surface area contributed by atoms with Crippen LogP contribution >= 0.6 is 11.3 Å². The summed E-state index contributed by atoms with van der Waals surface area (Å²) in [5, 5.41) is 0.758. The molecule has 0 unspecified atom stereocenters. The van der Waals surface area contributed by atoms with Crippen LogP contribution in [0.25, 0.3) is 10.2 Å². The average Bonchev–Trinajstić information content (AvgIpc) is 3.03. The third kappa shape index (κ3) is 3.31. The first kappa shape index (κ1) is 16.6. The lowest BCUT2D eigenvalue weighted by Crippen LogP contribution is -2.29. The summed E-state index contributed by atoms with van der Waals surface area (Å²) in [5.74, 6) is 0.473. The van der Waals surface area contributed by atoms with Gasteiger partial charge in [0.05, 0.1) is 16.8 Å². The van der Waals surface area contributed by atoms with E-state index in [2.05, 4.69) is 37.0 Å². The summed E-state index contributed by atoms with van der Waals surface area (Å²) >= 11 is 1.57. The van der Waals surface area contributed by atoms with Gasteiger partial charge in [0, 0.05) is 18.8 Å². The van der Waals surface area contributed by atoms with Crippen molar-refractivity contribution in [1.29, 1.82) is 0 Å². The van der Waals surface area contributed by atoms with E-state index in [0.717, 1.165) is 20.9 Å². The van der Waals surface area contributed by atoms with Crippen LogP contribution in [0.4, 0.5) is 5.13 Å². The van der Waals surface area contributed by atoms with Crippen molar-refractivity contribution >= 4 is 32.6 Å². The van der Waals surface area contributed by atoms with Gasteiger partial charge in [-0.2, -0.15) is 0 Å². The molecule has 4 nitrogen and oxygen atoms in total. The number of benzene rings is 1. The number of para-hydroxylation sites is 1. The van der Waals surface area contributed by atoms with Crippen LogP contribution in [0.5, 0.6) is 0 Å². The number of nitrogens with zero attached hydrogens (tertiary/aromatic N) is 3. The molecule has 2 heterocycles. The van der Waals surface area contributed by atoms with Crippen molar-refractivity contribution < 1.29 is 4.79 Å². The molecule has 0 radical (unpaired) electrons. The highest BCUT2D eigenvalue weighted by molar-refractivity contribution is 7.22. The summed E-state index contributed by atoms with van der Waals surface area (Å²) < 4.78 is 1.12. The van der Waals surface area contributed by atoms with Crippen molar-refractivity contribution in [3.05, 3.63) is 53.9 Å². The molecule has 0 fully saturated rings. The highest BCUT2D eigenvalue weighted by atomic mass is 32.1. The Morgan fingerprint density at radius 1 is 1.25 bits per heavy atom. The molecule has 5 heteroatoms. The van der Waals surface area contributed by atoms with E-state index in [9.17, 15) is 4.79 Å². The molecule has 0 aliphatic carbocycles. The minimum atomic E-state index is 0.0732. The average molecular weight is 339 g/mol. The number of amides is 1. The van der Waals surface area contributed by atoms with Crippen molar-refractivity contribution in [2.75, 3.05) is 4.90 Å². The molecule has 0 spiro atoms. The molecular formula is C19H21N3OS. The van der Waals surface area contributed by atoms with Gasteiger partial charge in [0.15, 0.2) is 5.13 Å². The maximum atomic E-state index is 12.5. The van der Waals surface area contributed by atoms with Gasteiger partial charge in [-0.05, 0) is 29.2 Å². The van der Waals surface area contributed by atoms with E-state index < -0.39 is 0 Å². The van der Waals surface area contributed by atoms with Gasteiger partial charge in [0.25, 0.3) is 0 Å². The molecule has 1 amide bonds. The molecule has 0 atom stereocenters. The predicted molar refractivity (Wildman–Crippen MR) is 99.4 cm³/mol. The second-order valence-corrected chi connectivity index (χ2v) is 7.05. The van der Waals surface area contributed by atoms with Crippen LogP contribution in [0.3, 0.4) is 0 Å². The summed E-state index contributed by atoms with van der Waals surface area (Å²) in [6.07, 6.45) is 3.98. The highest BCUT2D eigenvalue weighted by Crippen LogP contribution is 2.34. The molecule has 2 aromatic heterocycles. The lowest BCUT2D eigenvalue weighted by Gasteiger charge is -2.19. The smallest absolute Gasteiger partial charge is 0.228 e. The van der Waals surface area contributed by atoms with Crippen LogP contribution in [0.15, 0.2) is 42.7 Å². The van der Waals surface area contributed by atoms with Gasteiger partial charge in [0.2, 0.25) is 5.91 Å². The fourth-order valence-corrected chi connectivity index (χ4v) is 3.68. The number of rotatable bonds is 5. The molecule has 124 valence electrons. The van der Waals surface area contributed by atoms with Crippen molar-refractivity contribution in [2.45, 2.75) is 39.7 Å². The Morgan fingerprint density at radius 3 is 2.75 bits per heavy atom. The van der Waals surface area contributed by atoms with Crippen LogP contribution in [0.1, 0.15) is 44.2 Å². The minimum Gasteiger partial charge on any atom is -0.284 e. The van der Waals surface area contributed by atoms with Crippen molar-refractivity contribution in [2.24, 2.45) is 0 Å². The van der Waals surface area contributed by atoms with Gasteiger partial charge < -0.3 is 0 Å². The van der Waals surface area contributed by atoms with Crippen molar-refractivity contribution in [3.8, 4) is 0 Å². The van der Waals surface area contributed by atoms with Crippen LogP contribution in [0.2, 0.25) is 0 Å². The number of carbonyl (C=O) groups excluding carboxylic acids is 1. The summed E-state index contributed by atoms with van der Waals surface area (Å²) in [6, 6.07) is 10.1. The molecule has 3 aromatic rings. The Labute approximate surface area is 146 Å². The fraction of sp³-hybridized carbons (Fsp3) is 0.316. The van der Waals surface area contributed by atoms with Gasteiger partial charge in [0.1, 0.15) is 0 Å². The molecule has 0 aliphatic heterocycles. The van der Waals surface area contributed by atoms with E-state index in [-0.39, 0.29) is 5.91 Å². The van der Waals surface area contributed by atoms with Crippen LogP contribution in [0, 0.1) is 0 Å². The molecule has 24 heavy (non-hydrogen) atoms. The number of aromatic nitrogens is 2. The van der Waals surface area contributed by atoms with Crippen molar-refractivity contribution in [1.82, 2.24) is 9.97 Å². The maximum Gasteiger partial charge on any atom is 0.228 e. The highest BCUT2D eigenvalue weighted by Gasteiger charge is 2.20.